The molecule has 0 radical (unpaired) electrons. The van der Waals surface area contributed by atoms with Crippen LogP contribution in [0.5, 0.6) is 0 Å². The molecule has 0 saturated carbocycles. The maximum Gasteiger partial charge on any atom is 0.421 e. The molecule has 0 N–H and O–H groups in total. The lowest BCUT2D eigenvalue weighted by molar-refractivity contribution is 0.146. The summed E-state index contributed by atoms with van der Waals surface area (Å²) in [5, 5.41) is 0. The molecule has 0 aromatic rings. The minimum atomic E-state index is -0.475. The van der Waals surface area contributed by atoms with E-state index in [1.165, 1.54) is 12.0 Å². The molecule has 0 spiro atoms. The molecule has 3 nitrogen and oxygen atoms in total. The maximum atomic E-state index is 11.0. The summed E-state index contributed by atoms with van der Waals surface area (Å²) in [6.45, 7) is 7.38. The second kappa shape index (κ2) is 6.99. The Morgan fingerprint density at radius 1 is 1.54 bits per heavy atom. The molecule has 0 aliphatic heterocycles. The molecule has 0 aromatic heterocycles. The van der Waals surface area contributed by atoms with Gasteiger partial charge in [-0.1, -0.05) is 18.1 Å². The molecule has 0 saturated heterocycles. The zero-order chi connectivity index (χ0) is 10.1. The lowest BCUT2D eigenvalue weighted by atomic mass is 10.4. The van der Waals surface area contributed by atoms with Crippen molar-refractivity contribution in [2.75, 3.05) is 13.7 Å². The van der Waals surface area contributed by atoms with Gasteiger partial charge in [-0.15, -0.1) is 13.2 Å². The lowest BCUT2D eigenvalue weighted by Gasteiger charge is -2.10. The molecular formula is C10H13NO2. The summed E-state index contributed by atoms with van der Waals surface area (Å²) in [5.41, 5.74) is 0. The molecule has 0 unspecified atom stereocenters. The molecule has 1 amide bonds. The molecule has 70 valence electrons. The van der Waals surface area contributed by atoms with Crippen molar-refractivity contribution in [3.8, 4) is 12.0 Å². The number of carbonyl (C=O) groups is 1. The van der Waals surface area contributed by atoms with Crippen molar-refractivity contribution >= 4 is 6.09 Å². The van der Waals surface area contributed by atoms with E-state index < -0.39 is 6.09 Å². The molecule has 0 aliphatic carbocycles. The van der Waals surface area contributed by atoms with Gasteiger partial charge in [0, 0.05) is 12.5 Å². The number of hydrogen-bond acceptors (Lipinski definition) is 2. The van der Waals surface area contributed by atoms with E-state index in [2.05, 4.69) is 29.9 Å². The van der Waals surface area contributed by atoms with Gasteiger partial charge in [-0.3, -0.25) is 0 Å². The second-order valence-corrected chi connectivity index (χ2v) is 2.15. The van der Waals surface area contributed by atoms with Gasteiger partial charge in [0.15, 0.2) is 0 Å². The predicted octanol–water partition coefficient (Wildman–Crippen LogP) is 1.78. The monoisotopic (exact) mass is 179 g/mol. The standard InChI is InChI=1S/C10H13NO2/c1-4-6-7-9-11(8-5-2)10(12)13-3/h4-5H,1-2,6,8H2,3H3. The molecule has 0 heterocycles. The van der Waals surface area contributed by atoms with Crippen LogP contribution in [0.25, 0.3) is 0 Å². The van der Waals surface area contributed by atoms with Crippen molar-refractivity contribution in [2.24, 2.45) is 0 Å². The van der Waals surface area contributed by atoms with Crippen LogP contribution in [-0.2, 0) is 4.74 Å². The van der Waals surface area contributed by atoms with Gasteiger partial charge in [-0.2, -0.15) is 0 Å². The van der Waals surface area contributed by atoms with E-state index >= 15 is 0 Å². The Balaban J connectivity index is 4.26. The Morgan fingerprint density at radius 2 is 2.23 bits per heavy atom. The third-order valence-electron chi connectivity index (χ3n) is 1.17. The predicted molar refractivity (Wildman–Crippen MR) is 51.9 cm³/mol. The summed E-state index contributed by atoms with van der Waals surface area (Å²) < 4.78 is 4.51. The first-order valence-corrected chi connectivity index (χ1v) is 3.82. The van der Waals surface area contributed by atoms with Crippen LogP contribution in [0.4, 0.5) is 4.79 Å². The van der Waals surface area contributed by atoms with Crippen LogP contribution >= 0.6 is 0 Å². The van der Waals surface area contributed by atoms with Gasteiger partial charge in [-0.25, -0.2) is 9.69 Å². The molecule has 0 aromatic carbocycles. The highest BCUT2D eigenvalue weighted by atomic mass is 16.5. The molecule has 3 heteroatoms. The van der Waals surface area contributed by atoms with E-state index in [1.807, 2.05) is 0 Å². The van der Waals surface area contributed by atoms with E-state index in [4.69, 9.17) is 0 Å². The highest BCUT2D eigenvalue weighted by Crippen LogP contribution is 1.91. The van der Waals surface area contributed by atoms with Crippen molar-refractivity contribution in [1.29, 1.82) is 0 Å². The van der Waals surface area contributed by atoms with Crippen LogP contribution in [0.3, 0.4) is 0 Å². The Kier molecular flexibility index (Phi) is 6.08. The zero-order valence-electron chi connectivity index (χ0n) is 7.75. The summed E-state index contributed by atoms with van der Waals surface area (Å²) in [7, 11) is 1.31. The number of allylic oxidation sites excluding steroid dienone is 1. The first-order valence-electron chi connectivity index (χ1n) is 3.82. The fourth-order valence-electron chi connectivity index (χ4n) is 0.618. The third-order valence-corrected chi connectivity index (χ3v) is 1.17. The Morgan fingerprint density at radius 3 is 2.69 bits per heavy atom. The van der Waals surface area contributed by atoms with Gasteiger partial charge in [0.2, 0.25) is 0 Å². The van der Waals surface area contributed by atoms with Crippen molar-refractivity contribution in [1.82, 2.24) is 4.90 Å². The van der Waals surface area contributed by atoms with E-state index in [0.717, 1.165) is 0 Å². The quantitative estimate of drug-likeness (QED) is 0.375. The molecular weight excluding hydrogens is 166 g/mol. The summed E-state index contributed by atoms with van der Waals surface area (Å²) in [5.74, 6) is 2.74. The van der Waals surface area contributed by atoms with Gasteiger partial charge >= 0.3 is 6.09 Å². The minimum absolute atomic E-state index is 0.358. The fourth-order valence-corrected chi connectivity index (χ4v) is 0.618. The molecule has 0 aliphatic rings. The van der Waals surface area contributed by atoms with E-state index in [0.29, 0.717) is 13.0 Å². The third kappa shape index (κ3) is 4.70. The van der Waals surface area contributed by atoms with Crippen LogP contribution in [-0.4, -0.2) is 24.6 Å². The normalized spacial score (nSPS) is 7.77. The SMILES string of the molecule is C=CCC#CN(CC=C)C(=O)OC. The Hall–Kier alpha value is -1.69. The van der Waals surface area contributed by atoms with Crippen LogP contribution in [0.15, 0.2) is 25.3 Å². The molecule has 0 atom stereocenters. The minimum Gasteiger partial charge on any atom is -0.452 e. The summed E-state index contributed by atoms with van der Waals surface area (Å²) in [4.78, 5) is 12.3. The summed E-state index contributed by atoms with van der Waals surface area (Å²) in [6, 6.07) is 2.64. The summed E-state index contributed by atoms with van der Waals surface area (Å²) in [6.07, 6.45) is 3.32. The van der Waals surface area contributed by atoms with Crippen LogP contribution in [0, 0.1) is 12.0 Å². The second-order valence-electron chi connectivity index (χ2n) is 2.15. The Labute approximate surface area is 78.7 Å². The molecule has 13 heavy (non-hydrogen) atoms. The van der Waals surface area contributed by atoms with E-state index in [1.54, 1.807) is 12.2 Å². The van der Waals surface area contributed by atoms with Gasteiger partial charge in [-0.05, 0) is 0 Å². The van der Waals surface area contributed by atoms with Gasteiger partial charge in [0.05, 0.1) is 13.7 Å². The number of hydrogen-bond donors (Lipinski definition) is 0. The van der Waals surface area contributed by atoms with Crippen molar-refractivity contribution < 1.29 is 9.53 Å². The first-order chi connectivity index (χ1) is 6.26. The lowest BCUT2D eigenvalue weighted by Crippen LogP contribution is -2.26. The fraction of sp³-hybridized carbons (Fsp3) is 0.300. The topological polar surface area (TPSA) is 29.5 Å². The average molecular weight is 179 g/mol. The van der Waals surface area contributed by atoms with E-state index in [-0.39, 0.29) is 0 Å². The maximum absolute atomic E-state index is 11.0. The van der Waals surface area contributed by atoms with Crippen molar-refractivity contribution in [3.05, 3.63) is 25.3 Å². The van der Waals surface area contributed by atoms with Gasteiger partial charge < -0.3 is 4.74 Å². The largest absolute Gasteiger partial charge is 0.452 e. The number of carbonyl (C=O) groups excluding carboxylic acids is 1. The molecule has 0 fully saturated rings. The van der Waals surface area contributed by atoms with Crippen LogP contribution in [0.1, 0.15) is 6.42 Å². The summed E-state index contributed by atoms with van der Waals surface area (Å²) >= 11 is 0. The molecule has 0 bridgehead atoms. The van der Waals surface area contributed by atoms with E-state index in [9.17, 15) is 4.79 Å². The zero-order valence-corrected chi connectivity index (χ0v) is 7.75. The number of methoxy groups -OCH3 is 1. The Bertz CT molecular complexity index is 247. The highest BCUT2D eigenvalue weighted by Gasteiger charge is 2.07. The molecule has 0 rings (SSSR count). The van der Waals surface area contributed by atoms with Crippen LogP contribution < -0.4 is 0 Å². The number of rotatable bonds is 3. The van der Waals surface area contributed by atoms with Crippen LogP contribution in [0.2, 0.25) is 0 Å². The number of amides is 1. The van der Waals surface area contributed by atoms with Gasteiger partial charge in [0.25, 0.3) is 0 Å². The average Bonchev–Trinajstić information content (AvgIpc) is 2.16. The first kappa shape index (κ1) is 11.3. The van der Waals surface area contributed by atoms with Crippen molar-refractivity contribution in [3.63, 3.8) is 0 Å². The number of nitrogens with zero attached hydrogens (tertiary/aromatic N) is 1. The highest BCUT2D eigenvalue weighted by molar-refractivity contribution is 5.69. The number of ether oxygens (including phenoxy) is 1. The smallest absolute Gasteiger partial charge is 0.421 e. The van der Waals surface area contributed by atoms with Crippen molar-refractivity contribution in [2.45, 2.75) is 6.42 Å². The van der Waals surface area contributed by atoms with Gasteiger partial charge in [0.1, 0.15) is 0 Å².